The van der Waals surface area contributed by atoms with E-state index in [2.05, 4.69) is 10.3 Å². The average Bonchev–Trinajstić information content (AvgIpc) is 3.04. The third-order valence-corrected chi connectivity index (χ3v) is 4.27. The standard InChI is InChI=1S/C15H19N5O/c1-8-9(2)18-20(10(8)3)15-12(14(16)19-21)7-11-5-4-6-13(11)17-15/h7,21H,4-6H2,1-3H3,(H2,16,19). The normalized spacial score (nSPS) is 14.5. The summed E-state index contributed by atoms with van der Waals surface area (Å²) in [7, 11) is 0. The topological polar surface area (TPSA) is 89.3 Å². The van der Waals surface area contributed by atoms with Gasteiger partial charge in [-0.15, -0.1) is 0 Å². The molecule has 6 heteroatoms. The number of nitrogens with zero attached hydrogens (tertiary/aromatic N) is 4. The number of rotatable bonds is 2. The van der Waals surface area contributed by atoms with Gasteiger partial charge in [0.25, 0.3) is 0 Å². The van der Waals surface area contributed by atoms with Crippen molar-refractivity contribution in [3.8, 4) is 5.82 Å². The number of fused-ring (bicyclic) bond motifs is 1. The lowest BCUT2D eigenvalue weighted by Gasteiger charge is -2.12. The summed E-state index contributed by atoms with van der Waals surface area (Å²) in [6.45, 7) is 6.00. The predicted octanol–water partition coefficient (Wildman–Crippen LogP) is 1.78. The van der Waals surface area contributed by atoms with Crippen LogP contribution in [-0.2, 0) is 12.8 Å². The first kappa shape index (κ1) is 13.6. The van der Waals surface area contributed by atoms with E-state index in [-0.39, 0.29) is 5.84 Å². The van der Waals surface area contributed by atoms with Crippen LogP contribution in [0.2, 0.25) is 0 Å². The van der Waals surface area contributed by atoms with Crippen molar-refractivity contribution in [1.29, 1.82) is 0 Å². The quantitative estimate of drug-likeness (QED) is 0.381. The molecule has 0 spiro atoms. The number of amidine groups is 1. The summed E-state index contributed by atoms with van der Waals surface area (Å²) >= 11 is 0. The van der Waals surface area contributed by atoms with E-state index in [9.17, 15) is 0 Å². The molecule has 1 aliphatic carbocycles. The van der Waals surface area contributed by atoms with Gasteiger partial charge in [-0.05, 0) is 57.2 Å². The summed E-state index contributed by atoms with van der Waals surface area (Å²) < 4.78 is 1.79. The summed E-state index contributed by atoms with van der Waals surface area (Å²) in [6.07, 6.45) is 3.05. The number of hydrogen-bond acceptors (Lipinski definition) is 4. The van der Waals surface area contributed by atoms with E-state index in [1.54, 1.807) is 4.68 Å². The molecule has 0 atom stereocenters. The molecule has 0 saturated heterocycles. The molecule has 2 aromatic rings. The third kappa shape index (κ3) is 2.07. The van der Waals surface area contributed by atoms with Gasteiger partial charge in [0.05, 0.1) is 11.3 Å². The Hall–Kier alpha value is -2.37. The van der Waals surface area contributed by atoms with E-state index in [4.69, 9.17) is 15.9 Å². The van der Waals surface area contributed by atoms with Gasteiger partial charge in [-0.3, -0.25) is 0 Å². The molecular formula is C15H19N5O. The maximum Gasteiger partial charge on any atom is 0.173 e. The molecule has 0 amide bonds. The summed E-state index contributed by atoms with van der Waals surface area (Å²) in [4.78, 5) is 4.74. The Morgan fingerprint density at radius 3 is 2.71 bits per heavy atom. The fourth-order valence-corrected chi connectivity index (χ4v) is 2.79. The second kappa shape index (κ2) is 4.87. The van der Waals surface area contributed by atoms with Crippen LogP contribution in [0.15, 0.2) is 11.2 Å². The zero-order chi connectivity index (χ0) is 15.1. The number of oxime groups is 1. The van der Waals surface area contributed by atoms with Crippen LogP contribution in [0, 0.1) is 20.8 Å². The van der Waals surface area contributed by atoms with E-state index in [0.717, 1.165) is 41.9 Å². The molecular weight excluding hydrogens is 266 g/mol. The molecule has 2 aromatic heterocycles. The number of aryl methyl sites for hydroxylation is 3. The largest absolute Gasteiger partial charge is 0.409 e. The SMILES string of the molecule is Cc1nn(-c2nc3c(cc2C(N)=NO)CCC3)c(C)c1C. The zero-order valence-corrected chi connectivity index (χ0v) is 12.5. The van der Waals surface area contributed by atoms with Gasteiger partial charge >= 0.3 is 0 Å². The van der Waals surface area contributed by atoms with E-state index >= 15 is 0 Å². The van der Waals surface area contributed by atoms with Crippen LogP contribution in [0.5, 0.6) is 0 Å². The van der Waals surface area contributed by atoms with Crippen molar-refractivity contribution in [3.63, 3.8) is 0 Å². The van der Waals surface area contributed by atoms with Crippen molar-refractivity contribution < 1.29 is 5.21 Å². The van der Waals surface area contributed by atoms with Crippen LogP contribution in [0.1, 0.15) is 40.2 Å². The van der Waals surface area contributed by atoms with E-state index in [1.807, 2.05) is 26.8 Å². The first-order chi connectivity index (χ1) is 10.0. The maximum absolute atomic E-state index is 9.04. The molecule has 0 unspecified atom stereocenters. The highest BCUT2D eigenvalue weighted by Gasteiger charge is 2.21. The van der Waals surface area contributed by atoms with Crippen LogP contribution in [0.3, 0.4) is 0 Å². The first-order valence-electron chi connectivity index (χ1n) is 7.06. The Balaban J connectivity index is 2.28. The van der Waals surface area contributed by atoms with Crippen molar-refractivity contribution in [1.82, 2.24) is 14.8 Å². The molecule has 0 bridgehead atoms. The van der Waals surface area contributed by atoms with Crippen molar-refractivity contribution in [2.24, 2.45) is 10.9 Å². The van der Waals surface area contributed by atoms with Gasteiger partial charge < -0.3 is 10.9 Å². The Morgan fingerprint density at radius 2 is 2.10 bits per heavy atom. The monoisotopic (exact) mass is 285 g/mol. The lowest BCUT2D eigenvalue weighted by molar-refractivity contribution is 0.318. The molecule has 2 heterocycles. The summed E-state index contributed by atoms with van der Waals surface area (Å²) in [5.41, 5.74) is 11.8. The van der Waals surface area contributed by atoms with Crippen molar-refractivity contribution in [2.75, 3.05) is 0 Å². The fourth-order valence-electron chi connectivity index (χ4n) is 2.79. The van der Waals surface area contributed by atoms with Crippen LogP contribution >= 0.6 is 0 Å². The lowest BCUT2D eigenvalue weighted by atomic mass is 10.1. The van der Waals surface area contributed by atoms with Crippen LogP contribution in [0.25, 0.3) is 5.82 Å². The third-order valence-electron chi connectivity index (χ3n) is 4.27. The summed E-state index contributed by atoms with van der Waals surface area (Å²) in [6, 6.07) is 1.98. The Kier molecular flexibility index (Phi) is 3.16. The molecule has 0 aromatic carbocycles. The molecule has 1 aliphatic rings. The smallest absolute Gasteiger partial charge is 0.173 e. The molecule has 0 aliphatic heterocycles. The number of hydrogen-bond donors (Lipinski definition) is 2. The van der Waals surface area contributed by atoms with Crippen LogP contribution in [-0.4, -0.2) is 25.8 Å². The van der Waals surface area contributed by atoms with E-state index < -0.39 is 0 Å². The molecule has 3 N–H and O–H groups in total. The molecule has 0 fully saturated rings. The Bertz CT molecular complexity index is 745. The van der Waals surface area contributed by atoms with Crippen molar-refractivity contribution in [2.45, 2.75) is 40.0 Å². The predicted molar refractivity (Wildman–Crippen MR) is 80.1 cm³/mol. The van der Waals surface area contributed by atoms with Gasteiger partial charge in [-0.1, -0.05) is 5.16 Å². The maximum atomic E-state index is 9.04. The van der Waals surface area contributed by atoms with Gasteiger partial charge in [0.15, 0.2) is 11.7 Å². The minimum Gasteiger partial charge on any atom is -0.409 e. The van der Waals surface area contributed by atoms with Crippen LogP contribution < -0.4 is 5.73 Å². The lowest BCUT2D eigenvalue weighted by Crippen LogP contribution is -2.19. The molecule has 0 radical (unpaired) electrons. The van der Waals surface area contributed by atoms with Gasteiger partial charge in [0, 0.05) is 11.4 Å². The first-order valence-corrected chi connectivity index (χ1v) is 7.06. The number of pyridine rings is 1. The minimum absolute atomic E-state index is 0.0670. The second-order valence-electron chi connectivity index (χ2n) is 5.51. The average molecular weight is 285 g/mol. The van der Waals surface area contributed by atoms with Gasteiger partial charge in [-0.2, -0.15) is 5.10 Å². The molecule has 21 heavy (non-hydrogen) atoms. The minimum atomic E-state index is 0.0670. The Morgan fingerprint density at radius 1 is 1.33 bits per heavy atom. The van der Waals surface area contributed by atoms with Crippen LogP contribution in [0.4, 0.5) is 0 Å². The molecule has 0 saturated carbocycles. The highest BCUT2D eigenvalue weighted by molar-refractivity contribution is 6.00. The number of nitrogens with two attached hydrogens (primary N) is 1. The van der Waals surface area contributed by atoms with Gasteiger partial charge in [0.1, 0.15) is 0 Å². The fraction of sp³-hybridized carbons (Fsp3) is 0.400. The Labute approximate surface area is 123 Å². The number of aromatic nitrogens is 3. The van der Waals surface area contributed by atoms with E-state index in [0.29, 0.717) is 11.4 Å². The van der Waals surface area contributed by atoms with Gasteiger partial charge in [0.2, 0.25) is 0 Å². The van der Waals surface area contributed by atoms with Crippen molar-refractivity contribution >= 4 is 5.84 Å². The zero-order valence-electron chi connectivity index (χ0n) is 12.5. The molecule has 3 rings (SSSR count). The highest BCUT2D eigenvalue weighted by atomic mass is 16.4. The van der Waals surface area contributed by atoms with Crippen molar-refractivity contribution in [3.05, 3.63) is 39.8 Å². The second-order valence-corrected chi connectivity index (χ2v) is 5.51. The van der Waals surface area contributed by atoms with E-state index in [1.165, 1.54) is 5.56 Å². The molecule has 110 valence electrons. The summed E-state index contributed by atoms with van der Waals surface area (Å²) in [5, 5.41) is 16.7. The van der Waals surface area contributed by atoms with Gasteiger partial charge in [-0.25, -0.2) is 9.67 Å². The summed E-state index contributed by atoms with van der Waals surface area (Å²) in [5.74, 6) is 0.706. The molecule has 6 nitrogen and oxygen atoms in total. The highest BCUT2D eigenvalue weighted by Crippen LogP contribution is 2.26.